The molecule has 0 unspecified atom stereocenters. The third-order valence-corrected chi connectivity index (χ3v) is 0. The summed E-state index contributed by atoms with van der Waals surface area (Å²) in [4.78, 5) is 24.0. The van der Waals surface area contributed by atoms with Crippen LogP contribution in [0.2, 0.25) is 0 Å². The van der Waals surface area contributed by atoms with Gasteiger partial charge in [-0.2, -0.15) is 0 Å². The first-order valence-electron chi connectivity index (χ1n) is 1.10. The molecule has 0 aromatic heterocycles. The molecule has 0 fully saturated rings. The van der Waals surface area contributed by atoms with Crippen LogP contribution in [0.25, 0.3) is 0 Å². The molecule has 0 aliphatic rings. The average Bonchev–Trinajstić information content (AvgIpc) is 1.70. The second kappa shape index (κ2) is 107. The Morgan fingerprint density at radius 1 is 0.700 bits per heavy atom. The molecule has 0 N–H and O–H groups in total. The minimum absolute atomic E-state index is 0. The third-order valence-electron chi connectivity index (χ3n) is 0. The van der Waals surface area contributed by atoms with Gasteiger partial charge < -0.3 is 30.3 Å². The quantitative estimate of drug-likeness (QED) is 0.472. The zero-order chi connectivity index (χ0) is 8.12. The molecule has 0 atom stereocenters. The summed E-state index contributed by atoms with van der Waals surface area (Å²) in [5, 5.41) is 27.0. The van der Waals surface area contributed by atoms with Crippen molar-refractivity contribution in [2.45, 2.75) is 0 Å². The van der Waals surface area contributed by atoms with Crippen molar-refractivity contribution in [1.29, 1.82) is 0 Å². The van der Waals surface area contributed by atoms with Crippen LogP contribution in [0.4, 0.5) is 0 Å². The predicted octanol–water partition coefficient (Wildman–Crippen LogP) is 0.749. The van der Waals surface area contributed by atoms with Gasteiger partial charge in [-0.1, -0.05) is 0 Å². The van der Waals surface area contributed by atoms with Gasteiger partial charge in [-0.25, -0.2) is 0 Å². The van der Waals surface area contributed by atoms with E-state index in [9.17, 15) is 0 Å². The largest absolute Gasteiger partial charge is 3.00 e. The molecule has 0 saturated carbocycles. The molecular weight excluding hydrogens is 324 g/mol. The molecule has 10 heteroatoms. The molecule has 0 bridgehead atoms. The van der Waals surface area contributed by atoms with Crippen LogP contribution in [0.15, 0.2) is 16.0 Å². The smallest absolute Gasteiger partial charge is 0.444 e. The molecule has 0 rings (SSSR count). The Bertz CT molecular complexity index is 49.7. The fourth-order valence-corrected chi connectivity index (χ4v) is 0. The molecule has 0 spiro atoms. The zero-order valence-electron chi connectivity index (χ0n) is 4.17. The Morgan fingerprint density at radius 2 is 0.700 bits per heavy atom. The molecule has 9 nitrogen and oxygen atoms in total. The molecule has 10 heavy (non-hydrogen) atoms. The van der Waals surface area contributed by atoms with Crippen LogP contribution in [-0.2, 0) is 20.4 Å². The number of rotatable bonds is 0. The maximum Gasteiger partial charge on any atom is 3.00 e. The van der Waals surface area contributed by atoms with Crippen LogP contribution in [0, 0.1) is 30.3 Å². The Balaban J connectivity index is -0.0000000257. The van der Waals surface area contributed by atoms with Crippen LogP contribution in [0.3, 0.4) is 0 Å². The second-order valence-electron chi connectivity index (χ2n) is 0.224. The van der Waals surface area contributed by atoms with Crippen LogP contribution in [0.1, 0.15) is 0 Å². The number of hydrogen-bond acceptors (Lipinski definition) is 9. The van der Waals surface area contributed by atoms with Gasteiger partial charge in [0.15, 0.2) is 0 Å². The fourth-order valence-electron chi connectivity index (χ4n) is 0. The van der Waals surface area contributed by atoms with Crippen molar-refractivity contribution in [2.75, 3.05) is 0 Å². The van der Waals surface area contributed by atoms with Crippen LogP contribution < -0.4 is 0 Å². The number of nitrogens with zero attached hydrogens (tertiary/aromatic N) is 3. The van der Waals surface area contributed by atoms with Gasteiger partial charge in [-0.3, -0.25) is 0 Å². The van der Waals surface area contributed by atoms with Gasteiger partial charge in [0, 0.05) is 0 Å². The summed E-state index contributed by atoms with van der Waals surface area (Å²) in [5.74, 6) is 0. The zero-order valence-corrected chi connectivity index (χ0v) is 6.88. The Morgan fingerprint density at radius 3 is 0.700 bits per heavy atom. The van der Waals surface area contributed by atoms with Crippen molar-refractivity contribution in [3.05, 3.63) is 30.3 Å². The predicted molar refractivity (Wildman–Crippen MR) is 27.5 cm³/mol. The maximum absolute atomic E-state index is 8.00. The van der Waals surface area contributed by atoms with Gasteiger partial charge in [-0.05, 0) is 0 Å². The summed E-state index contributed by atoms with van der Waals surface area (Å²) in [6.45, 7) is 0. The summed E-state index contributed by atoms with van der Waals surface area (Å²) in [6.07, 6.45) is 0. The molecule has 0 saturated heterocycles. The summed E-state index contributed by atoms with van der Waals surface area (Å²) in [6, 6.07) is 0. The van der Waals surface area contributed by atoms with Crippen LogP contribution >= 0.6 is 0 Å². The Kier molecular flexibility index (Phi) is 247. The van der Waals surface area contributed by atoms with Crippen molar-refractivity contribution in [3.8, 4) is 0 Å². The molecule has 0 radical (unpaired) electrons. The SMILES string of the molecule is O=N[O-].O=N[O-].O=N[O-].[Re+3]. The van der Waals surface area contributed by atoms with Crippen LogP contribution in [0.5, 0.6) is 0 Å². The van der Waals surface area contributed by atoms with Gasteiger partial charge in [0.2, 0.25) is 0 Å². The first-order chi connectivity index (χ1) is 4.24. The van der Waals surface area contributed by atoms with Gasteiger partial charge in [0.05, 0.1) is 0 Å². The molecule has 58 valence electrons. The normalized spacial score (nSPS) is 3.60. The summed E-state index contributed by atoms with van der Waals surface area (Å²) in [5.41, 5.74) is 0. The van der Waals surface area contributed by atoms with Gasteiger partial charge >= 0.3 is 20.4 Å². The summed E-state index contributed by atoms with van der Waals surface area (Å²) in [7, 11) is 0. The van der Waals surface area contributed by atoms with Gasteiger partial charge in [-0.15, -0.1) is 16.0 Å². The first-order valence-corrected chi connectivity index (χ1v) is 1.10. The van der Waals surface area contributed by atoms with Crippen molar-refractivity contribution in [3.63, 3.8) is 0 Å². The maximum atomic E-state index is 8.00. The van der Waals surface area contributed by atoms with Crippen molar-refractivity contribution < 1.29 is 20.4 Å². The number of hydrogen-bond donors (Lipinski definition) is 0. The molecule has 0 amide bonds. The van der Waals surface area contributed by atoms with E-state index in [2.05, 4.69) is 0 Å². The Hall–Kier alpha value is -1.14. The monoisotopic (exact) mass is 325 g/mol. The van der Waals surface area contributed by atoms with E-state index in [0.29, 0.717) is 0 Å². The Labute approximate surface area is 67.5 Å². The van der Waals surface area contributed by atoms with E-state index in [1.165, 1.54) is 0 Å². The topological polar surface area (TPSA) is 157 Å². The van der Waals surface area contributed by atoms with Gasteiger partial charge in [0.1, 0.15) is 0 Å². The molecule has 0 aliphatic heterocycles. The van der Waals surface area contributed by atoms with E-state index in [1.807, 2.05) is 0 Å². The first kappa shape index (κ1) is 23.2. The van der Waals surface area contributed by atoms with Crippen molar-refractivity contribution in [1.82, 2.24) is 0 Å². The van der Waals surface area contributed by atoms with E-state index in [0.717, 1.165) is 16.0 Å². The minimum Gasteiger partial charge on any atom is -0.444 e. The van der Waals surface area contributed by atoms with Crippen molar-refractivity contribution >= 4 is 0 Å². The van der Waals surface area contributed by atoms with E-state index in [1.54, 1.807) is 0 Å². The molecule has 0 aliphatic carbocycles. The third kappa shape index (κ3) is 182. The standard InChI is InChI=1S/3HNO2.Re/c3*2-1-3;/h3*(H,2,3);/q;;;+3/p-3. The van der Waals surface area contributed by atoms with E-state index in [4.69, 9.17) is 30.3 Å². The average molecular weight is 324 g/mol. The summed E-state index contributed by atoms with van der Waals surface area (Å²) >= 11 is 0. The van der Waals surface area contributed by atoms with Gasteiger partial charge in [0.25, 0.3) is 0 Å². The molecule has 0 aromatic rings. The van der Waals surface area contributed by atoms with E-state index < -0.39 is 0 Å². The van der Waals surface area contributed by atoms with Crippen LogP contribution in [-0.4, -0.2) is 0 Å². The van der Waals surface area contributed by atoms with Crippen molar-refractivity contribution in [2.24, 2.45) is 16.0 Å². The minimum atomic E-state index is 0. The molecular formula is N3O6Re. The molecule has 0 aromatic carbocycles. The molecule has 0 heterocycles. The fraction of sp³-hybridized carbons (Fsp3) is 0. The van der Waals surface area contributed by atoms with E-state index >= 15 is 0 Å². The van der Waals surface area contributed by atoms with E-state index in [-0.39, 0.29) is 20.4 Å². The summed E-state index contributed by atoms with van der Waals surface area (Å²) < 4.78 is 0. The second-order valence-corrected chi connectivity index (χ2v) is 0.224.